The lowest BCUT2D eigenvalue weighted by atomic mass is 9.90. The third kappa shape index (κ3) is 4.19. The fourth-order valence-corrected chi connectivity index (χ4v) is 3.95. The van der Waals surface area contributed by atoms with Crippen molar-refractivity contribution in [2.45, 2.75) is 45.3 Å². The summed E-state index contributed by atoms with van der Waals surface area (Å²) < 4.78 is 17.1. The van der Waals surface area contributed by atoms with Gasteiger partial charge < -0.3 is 14.2 Å². The summed E-state index contributed by atoms with van der Waals surface area (Å²) in [6.07, 6.45) is 1.19. The van der Waals surface area contributed by atoms with Crippen LogP contribution in [0.25, 0.3) is 21.9 Å². The first-order chi connectivity index (χ1) is 14.4. The van der Waals surface area contributed by atoms with E-state index in [9.17, 15) is 4.79 Å². The second-order valence-corrected chi connectivity index (χ2v) is 8.69. The van der Waals surface area contributed by atoms with Crippen LogP contribution in [0.4, 0.5) is 0 Å². The van der Waals surface area contributed by atoms with Crippen LogP contribution in [-0.2, 0) is 20.7 Å². The molecule has 0 spiro atoms. The highest BCUT2D eigenvalue weighted by molar-refractivity contribution is 5.92. The minimum atomic E-state index is -0.818. The lowest BCUT2D eigenvalue weighted by Gasteiger charge is -2.28. The highest BCUT2D eigenvalue weighted by Crippen LogP contribution is 2.38. The van der Waals surface area contributed by atoms with Gasteiger partial charge in [-0.05, 0) is 85.3 Å². The average Bonchev–Trinajstić information content (AvgIpc) is 2.75. The summed E-state index contributed by atoms with van der Waals surface area (Å²) >= 11 is 0. The minimum Gasteiger partial charge on any atom is -0.493 e. The molecule has 1 heterocycles. The van der Waals surface area contributed by atoms with Crippen LogP contribution in [0, 0.1) is 0 Å². The van der Waals surface area contributed by atoms with Gasteiger partial charge >= 0.3 is 5.97 Å². The molecule has 3 aromatic carbocycles. The van der Waals surface area contributed by atoms with Crippen molar-refractivity contribution in [2.24, 2.45) is 0 Å². The maximum atomic E-state index is 12.8. The zero-order chi connectivity index (χ0) is 21.3. The number of esters is 1. The molecule has 0 amide bonds. The molecule has 156 valence electrons. The molecule has 0 bridgehead atoms. The van der Waals surface area contributed by atoms with Gasteiger partial charge in [-0.2, -0.15) is 0 Å². The van der Waals surface area contributed by atoms with E-state index in [1.807, 2.05) is 45.0 Å². The Kier molecular flexibility index (Phi) is 5.52. The Morgan fingerprint density at radius 3 is 2.47 bits per heavy atom. The molecule has 4 nitrogen and oxygen atoms in total. The monoisotopic (exact) mass is 404 g/mol. The Hall–Kier alpha value is -2.85. The fourth-order valence-electron chi connectivity index (χ4n) is 3.95. The lowest BCUT2D eigenvalue weighted by Crippen LogP contribution is -2.28. The molecule has 30 heavy (non-hydrogen) atoms. The van der Waals surface area contributed by atoms with Crippen LogP contribution in [0.15, 0.2) is 54.6 Å². The van der Waals surface area contributed by atoms with Crippen molar-refractivity contribution in [3.8, 4) is 16.9 Å². The molecule has 3 aromatic rings. The molecule has 1 aliphatic rings. The van der Waals surface area contributed by atoms with Gasteiger partial charge in [0.2, 0.25) is 0 Å². The molecule has 1 atom stereocenters. The Balaban J connectivity index is 1.92. The molecule has 0 radical (unpaired) electrons. The second-order valence-electron chi connectivity index (χ2n) is 8.69. The molecule has 0 aliphatic carbocycles. The molecule has 0 aromatic heterocycles. The predicted molar refractivity (Wildman–Crippen MR) is 119 cm³/mol. The predicted octanol–water partition coefficient (Wildman–Crippen LogP) is 5.86. The van der Waals surface area contributed by atoms with Crippen LogP contribution in [0.2, 0.25) is 0 Å². The van der Waals surface area contributed by atoms with Crippen LogP contribution in [0.3, 0.4) is 0 Å². The average molecular weight is 405 g/mol. The summed E-state index contributed by atoms with van der Waals surface area (Å²) in [6, 6.07) is 18.6. The van der Waals surface area contributed by atoms with E-state index in [0.717, 1.165) is 52.7 Å². The summed E-state index contributed by atoms with van der Waals surface area (Å²) in [7, 11) is 1.40. The number of hydrogen-bond acceptors (Lipinski definition) is 4. The molecule has 1 unspecified atom stereocenters. The molecular weight excluding hydrogens is 376 g/mol. The van der Waals surface area contributed by atoms with Crippen molar-refractivity contribution in [3.05, 3.63) is 65.7 Å². The first-order valence-corrected chi connectivity index (χ1v) is 10.4. The van der Waals surface area contributed by atoms with E-state index in [0.29, 0.717) is 0 Å². The van der Waals surface area contributed by atoms with Gasteiger partial charge in [0.15, 0.2) is 6.10 Å². The molecule has 1 aliphatic heterocycles. The van der Waals surface area contributed by atoms with Gasteiger partial charge in [0.05, 0.1) is 19.3 Å². The van der Waals surface area contributed by atoms with Gasteiger partial charge in [-0.15, -0.1) is 0 Å². The van der Waals surface area contributed by atoms with Crippen molar-refractivity contribution in [1.82, 2.24) is 0 Å². The topological polar surface area (TPSA) is 44.8 Å². The Morgan fingerprint density at radius 1 is 1.03 bits per heavy atom. The van der Waals surface area contributed by atoms with Crippen LogP contribution in [-0.4, -0.2) is 25.3 Å². The smallest absolute Gasteiger partial charge is 0.339 e. The normalized spacial score (nSPS) is 14.7. The van der Waals surface area contributed by atoms with Crippen LogP contribution >= 0.6 is 0 Å². The summed E-state index contributed by atoms with van der Waals surface area (Å²) in [5, 5.41) is 2.17. The first-order valence-electron chi connectivity index (χ1n) is 10.4. The summed E-state index contributed by atoms with van der Waals surface area (Å²) in [5.41, 5.74) is 3.52. The van der Waals surface area contributed by atoms with Crippen LogP contribution in [0.5, 0.6) is 5.75 Å². The third-order valence-electron chi connectivity index (χ3n) is 5.31. The van der Waals surface area contributed by atoms with E-state index < -0.39 is 17.7 Å². The molecular formula is C26H28O4. The number of rotatable bonds is 4. The zero-order valence-electron chi connectivity index (χ0n) is 18.0. The van der Waals surface area contributed by atoms with Crippen molar-refractivity contribution in [3.63, 3.8) is 0 Å². The Morgan fingerprint density at radius 2 is 1.77 bits per heavy atom. The number of benzene rings is 3. The number of aryl methyl sites for hydroxylation is 1. The second kappa shape index (κ2) is 8.11. The molecule has 0 N–H and O–H groups in total. The summed E-state index contributed by atoms with van der Waals surface area (Å²) in [5.74, 6) is 0.547. The maximum absolute atomic E-state index is 12.8. The quantitative estimate of drug-likeness (QED) is 0.511. The van der Waals surface area contributed by atoms with Crippen molar-refractivity contribution >= 4 is 16.7 Å². The zero-order valence-corrected chi connectivity index (χ0v) is 18.0. The summed E-state index contributed by atoms with van der Waals surface area (Å²) in [4.78, 5) is 12.8. The number of methoxy groups -OCH3 is 1. The maximum Gasteiger partial charge on any atom is 0.339 e. The van der Waals surface area contributed by atoms with Gasteiger partial charge in [-0.25, -0.2) is 4.79 Å². The standard InChI is InChI=1S/C26H28O4/c1-26(2,3)30-24(25(27)28-4)22-16-18-9-6-5-8-17(18)15-21(22)19-11-12-23-20(14-19)10-7-13-29-23/h5-6,8-9,11-12,14-16,24H,7,10,13H2,1-4H3. The molecule has 0 saturated heterocycles. The van der Waals surface area contributed by atoms with Crippen molar-refractivity contribution in [2.75, 3.05) is 13.7 Å². The SMILES string of the molecule is COC(=O)C(OC(C)(C)C)c1cc2ccccc2cc1-c1ccc2c(c1)CCCO2. The highest BCUT2D eigenvalue weighted by atomic mass is 16.6. The van der Waals surface area contributed by atoms with Gasteiger partial charge in [0, 0.05) is 5.56 Å². The Bertz CT molecular complexity index is 1080. The van der Waals surface area contributed by atoms with Crippen LogP contribution < -0.4 is 4.74 Å². The van der Waals surface area contributed by atoms with Crippen molar-refractivity contribution in [1.29, 1.82) is 0 Å². The number of fused-ring (bicyclic) bond motifs is 2. The summed E-state index contributed by atoms with van der Waals surface area (Å²) in [6.45, 7) is 6.59. The van der Waals surface area contributed by atoms with E-state index in [1.165, 1.54) is 12.7 Å². The number of carbonyl (C=O) groups excluding carboxylic acids is 1. The molecule has 0 saturated carbocycles. The van der Waals surface area contributed by atoms with E-state index in [1.54, 1.807) is 0 Å². The van der Waals surface area contributed by atoms with Crippen LogP contribution in [0.1, 0.15) is 44.4 Å². The molecule has 0 fully saturated rings. The van der Waals surface area contributed by atoms with Gasteiger partial charge in [-0.1, -0.05) is 30.3 Å². The Labute approximate surface area is 177 Å². The van der Waals surface area contributed by atoms with Crippen molar-refractivity contribution < 1.29 is 19.0 Å². The minimum absolute atomic E-state index is 0.400. The largest absolute Gasteiger partial charge is 0.493 e. The number of carbonyl (C=O) groups is 1. The van der Waals surface area contributed by atoms with E-state index >= 15 is 0 Å². The third-order valence-corrected chi connectivity index (χ3v) is 5.31. The highest BCUT2D eigenvalue weighted by Gasteiger charge is 2.30. The van der Waals surface area contributed by atoms with Gasteiger partial charge in [0.1, 0.15) is 5.75 Å². The van der Waals surface area contributed by atoms with E-state index in [-0.39, 0.29) is 0 Å². The molecule has 4 heteroatoms. The first kappa shape index (κ1) is 20.4. The van der Waals surface area contributed by atoms with E-state index in [4.69, 9.17) is 14.2 Å². The lowest BCUT2D eigenvalue weighted by molar-refractivity contribution is -0.164. The molecule has 4 rings (SSSR count). The van der Waals surface area contributed by atoms with Gasteiger partial charge in [-0.3, -0.25) is 0 Å². The number of ether oxygens (including phenoxy) is 3. The number of hydrogen-bond donors (Lipinski definition) is 0. The van der Waals surface area contributed by atoms with E-state index in [2.05, 4.69) is 30.3 Å². The fraction of sp³-hybridized carbons (Fsp3) is 0.346. The van der Waals surface area contributed by atoms with Gasteiger partial charge in [0.25, 0.3) is 0 Å².